The van der Waals surface area contributed by atoms with Gasteiger partial charge in [0.05, 0.1) is 0 Å². The van der Waals surface area contributed by atoms with Gasteiger partial charge in [0.15, 0.2) is 0 Å². The van der Waals surface area contributed by atoms with Gasteiger partial charge in [0.25, 0.3) is 0 Å². The molecule has 2 aromatic rings. The number of benzene rings is 2. The molecule has 0 amide bonds. The predicted octanol–water partition coefficient (Wildman–Crippen LogP) is 6.95. The monoisotopic (exact) mass is 348 g/mol. The zero-order chi connectivity index (χ0) is 18.9. The van der Waals surface area contributed by atoms with Gasteiger partial charge in [-0.2, -0.15) is 0 Å². The first-order valence-electron chi connectivity index (χ1n) is 10.4. The Balaban J connectivity index is 2.08. The van der Waals surface area contributed by atoms with Crippen LogP contribution in [0.15, 0.2) is 36.4 Å². The Labute approximate surface area is 161 Å². The second kappa shape index (κ2) is 7.22. The quantitative estimate of drug-likeness (QED) is 0.483. The molecule has 0 aliphatic heterocycles. The lowest BCUT2D eigenvalue weighted by Crippen LogP contribution is -2.20. The van der Waals surface area contributed by atoms with E-state index in [0.717, 1.165) is 0 Å². The molecule has 0 nitrogen and oxygen atoms in total. The van der Waals surface area contributed by atoms with Gasteiger partial charge < -0.3 is 0 Å². The molecule has 0 heteroatoms. The van der Waals surface area contributed by atoms with Crippen molar-refractivity contribution >= 4 is 0 Å². The molecule has 0 atom stereocenters. The third kappa shape index (κ3) is 4.40. The van der Waals surface area contributed by atoms with Crippen molar-refractivity contribution in [2.24, 2.45) is 0 Å². The first kappa shape index (κ1) is 19.2. The van der Waals surface area contributed by atoms with E-state index in [9.17, 15) is 0 Å². The van der Waals surface area contributed by atoms with Gasteiger partial charge in [-0.3, -0.25) is 0 Å². The molecule has 4 bridgehead atoms. The van der Waals surface area contributed by atoms with Crippen molar-refractivity contribution in [1.82, 2.24) is 0 Å². The number of rotatable bonds is 0. The molecule has 0 saturated heterocycles. The van der Waals surface area contributed by atoms with Crippen LogP contribution in [0.25, 0.3) is 0 Å². The van der Waals surface area contributed by atoms with Crippen LogP contribution >= 0.6 is 0 Å². The van der Waals surface area contributed by atoms with E-state index in [2.05, 4.69) is 77.9 Å². The highest BCUT2D eigenvalue weighted by molar-refractivity contribution is 5.45. The largest absolute Gasteiger partial charge is 0.0588 e. The smallest absolute Gasteiger partial charge is 0.0129 e. The highest BCUT2D eigenvalue weighted by atomic mass is 14.3. The van der Waals surface area contributed by atoms with Crippen molar-refractivity contribution in [3.8, 4) is 0 Å². The van der Waals surface area contributed by atoms with E-state index in [1.807, 2.05) is 0 Å². The van der Waals surface area contributed by atoms with Crippen molar-refractivity contribution < 1.29 is 0 Å². The third-order valence-corrected chi connectivity index (χ3v) is 5.79. The lowest BCUT2D eigenvalue weighted by atomic mass is 9.75. The molecular weight excluding hydrogens is 312 g/mol. The molecule has 0 unspecified atom stereocenters. The van der Waals surface area contributed by atoms with E-state index >= 15 is 0 Å². The summed E-state index contributed by atoms with van der Waals surface area (Å²) >= 11 is 0. The minimum atomic E-state index is 0.207. The summed E-state index contributed by atoms with van der Waals surface area (Å²) in [4.78, 5) is 0. The molecule has 6 rings (SSSR count). The first-order chi connectivity index (χ1) is 12.1. The fourth-order valence-electron chi connectivity index (χ4n) is 4.34. The molecule has 4 aliphatic rings. The molecular formula is C26H36. The van der Waals surface area contributed by atoms with Crippen LogP contribution < -0.4 is 0 Å². The molecule has 0 aromatic heterocycles. The fourth-order valence-corrected chi connectivity index (χ4v) is 4.34. The summed E-state index contributed by atoms with van der Waals surface area (Å²) in [5.41, 5.74) is 9.64. The minimum Gasteiger partial charge on any atom is -0.0588 e. The molecule has 0 spiro atoms. The Morgan fingerprint density at radius 3 is 1.19 bits per heavy atom. The Kier molecular flexibility index (Phi) is 5.33. The molecule has 0 heterocycles. The molecule has 26 heavy (non-hydrogen) atoms. The first-order valence-corrected chi connectivity index (χ1v) is 10.4. The van der Waals surface area contributed by atoms with E-state index in [1.54, 1.807) is 22.3 Å². The van der Waals surface area contributed by atoms with E-state index in [-0.39, 0.29) is 10.8 Å². The molecule has 0 N–H and O–H groups in total. The second-order valence-electron chi connectivity index (χ2n) is 10.2. The summed E-state index contributed by atoms with van der Waals surface area (Å²) < 4.78 is 0. The summed E-state index contributed by atoms with van der Waals surface area (Å²) in [6.45, 7) is 14.2. The summed E-state index contributed by atoms with van der Waals surface area (Å²) in [7, 11) is 0. The Bertz CT molecular complexity index is 682. The van der Waals surface area contributed by atoms with Gasteiger partial charge in [0.2, 0.25) is 0 Å². The van der Waals surface area contributed by atoms with Crippen molar-refractivity contribution in [2.45, 2.75) is 90.9 Å². The lowest BCUT2D eigenvalue weighted by Gasteiger charge is -2.30. The van der Waals surface area contributed by atoms with Crippen LogP contribution in [-0.4, -0.2) is 0 Å². The van der Waals surface area contributed by atoms with Crippen LogP contribution in [0.5, 0.6) is 0 Å². The van der Waals surface area contributed by atoms with Gasteiger partial charge in [0.1, 0.15) is 0 Å². The summed E-state index contributed by atoms with van der Waals surface area (Å²) in [6, 6.07) is 14.5. The number of hydrogen-bond donors (Lipinski definition) is 0. The summed E-state index contributed by atoms with van der Waals surface area (Å²) in [5, 5.41) is 0. The molecule has 0 saturated carbocycles. The zero-order valence-electron chi connectivity index (χ0n) is 17.7. The van der Waals surface area contributed by atoms with Gasteiger partial charge in [0, 0.05) is 0 Å². The average molecular weight is 349 g/mol. The second-order valence-corrected chi connectivity index (χ2v) is 10.2. The van der Waals surface area contributed by atoms with E-state index in [1.165, 1.54) is 49.7 Å². The van der Waals surface area contributed by atoms with E-state index < -0.39 is 0 Å². The van der Waals surface area contributed by atoms with Gasteiger partial charge in [-0.25, -0.2) is 0 Å². The van der Waals surface area contributed by atoms with Crippen molar-refractivity contribution in [3.63, 3.8) is 0 Å². The number of aryl methyl sites for hydroxylation is 4. The Hall–Kier alpha value is -1.56. The van der Waals surface area contributed by atoms with Gasteiger partial charge in [-0.15, -0.1) is 0 Å². The molecule has 4 aliphatic carbocycles. The molecule has 2 aromatic carbocycles. The topological polar surface area (TPSA) is 0 Å². The van der Waals surface area contributed by atoms with Crippen molar-refractivity contribution in [3.05, 3.63) is 69.8 Å². The van der Waals surface area contributed by atoms with Crippen LogP contribution in [0.2, 0.25) is 0 Å². The van der Waals surface area contributed by atoms with Crippen LogP contribution in [0.4, 0.5) is 0 Å². The van der Waals surface area contributed by atoms with Crippen molar-refractivity contribution in [1.29, 1.82) is 0 Å². The van der Waals surface area contributed by atoms with Crippen LogP contribution in [0.1, 0.15) is 87.8 Å². The van der Waals surface area contributed by atoms with Crippen LogP contribution in [0.3, 0.4) is 0 Å². The zero-order valence-corrected chi connectivity index (χ0v) is 17.7. The summed E-state index contributed by atoms with van der Waals surface area (Å²) in [6.07, 6.45) is 7.17. The Morgan fingerprint density at radius 1 is 0.538 bits per heavy atom. The van der Waals surface area contributed by atoms with Gasteiger partial charge in [-0.05, 0) is 82.7 Å². The fraction of sp³-hybridized carbons (Fsp3) is 0.538. The minimum absolute atomic E-state index is 0.207. The average Bonchev–Trinajstić information content (AvgIpc) is 2.55. The van der Waals surface area contributed by atoms with E-state index in [4.69, 9.17) is 0 Å². The van der Waals surface area contributed by atoms with Gasteiger partial charge >= 0.3 is 0 Å². The maximum absolute atomic E-state index is 2.56. The Morgan fingerprint density at radius 2 is 0.885 bits per heavy atom. The van der Waals surface area contributed by atoms with Gasteiger partial charge in [-0.1, -0.05) is 77.9 Å². The normalized spacial score (nSPS) is 15.9. The highest BCUT2D eigenvalue weighted by Crippen LogP contribution is 2.35. The molecule has 0 radical (unpaired) electrons. The maximum atomic E-state index is 2.56. The van der Waals surface area contributed by atoms with Crippen LogP contribution in [0, 0.1) is 0 Å². The predicted molar refractivity (Wildman–Crippen MR) is 114 cm³/mol. The lowest BCUT2D eigenvalue weighted by molar-refractivity contribution is 0.560. The SMILES string of the molecule is CC(C)(C)c1cc2c(C(C)(C)C)cc1CCCc1ccc(cc1)CCC2. The standard InChI is InChI=1S/C26H36/c1-25(2,3)23-17-22-12-8-10-20-15-13-19(14-16-20)9-7-11-21(23)18-24(22)26(4,5)6/h13-18H,7-12H2,1-6H3. The van der Waals surface area contributed by atoms with Crippen molar-refractivity contribution in [2.75, 3.05) is 0 Å². The highest BCUT2D eigenvalue weighted by Gasteiger charge is 2.24. The summed E-state index contributed by atoms with van der Waals surface area (Å²) in [5.74, 6) is 0. The maximum Gasteiger partial charge on any atom is -0.0129 e. The number of hydrogen-bond acceptors (Lipinski definition) is 0. The van der Waals surface area contributed by atoms with Crippen LogP contribution in [-0.2, 0) is 36.5 Å². The third-order valence-electron chi connectivity index (χ3n) is 5.79. The molecule has 0 fully saturated rings. The van der Waals surface area contributed by atoms with E-state index in [0.29, 0.717) is 0 Å². The molecule has 140 valence electrons.